The molecule has 0 amide bonds. The first-order chi connectivity index (χ1) is 16.7. The maximum absolute atomic E-state index is 13.6. The van der Waals surface area contributed by atoms with Gasteiger partial charge in [-0.2, -0.15) is 0 Å². The van der Waals surface area contributed by atoms with Crippen LogP contribution in [0, 0.1) is 0 Å². The van der Waals surface area contributed by atoms with Gasteiger partial charge < -0.3 is 15.6 Å². The standard InChI is InChI=1S/C25H38N6O3S/c1-17(2)28-23(27-16-26)21-14-30-11-12-34-22-6-5-19(13-20(22)24(30)29-21)35(33)18-7-9-31(10-8-18)25(3,4)15-32/h5-6,13,16-18,24,32H,7-12,14-15H2,1-4H3,(H2,26,27,28). The first-order valence-electron chi connectivity index (χ1n) is 12.4. The fraction of sp³-hybridized carbons (Fsp3) is 0.640. The Hall–Kier alpha value is -2.14. The van der Waals surface area contributed by atoms with E-state index in [0.29, 0.717) is 19.0 Å². The highest BCUT2D eigenvalue weighted by atomic mass is 32.2. The van der Waals surface area contributed by atoms with Crippen LogP contribution in [-0.4, -0.2) is 93.2 Å². The number of rotatable bonds is 6. The van der Waals surface area contributed by atoms with E-state index in [0.717, 1.165) is 54.4 Å². The van der Waals surface area contributed by atoms with Crippen molar-refractivity contribution in [3.05, 3.63) is 23.8 Å². The van der Waals surface area contributed by atoms with E-state index in [1.807, 2.05) is 32.0 Å². The summed E-state index contributed by atoms with van der Waals surface area (Å²) >= 11 is 0. The summed E-state index contributed by atoms with van der Waals surface area (Å²) in [6, 6.07) is 5.95. The van der Waals surface area contributed by atoms with E-state index in [1.165, 1.54) is 6.34 Å². The predicted octanol–water partition coefficient (Wildman–Crippen LogP) is 1.97. The molecule has 0 aromatic heterocycles. The van der Waals surface area contributed by atoms with Crippen LogP contribution in [0.5, 0.6) is 5.75 Å². The summed E-state index contributed by atoms with van der Waals surface area (Å²) in [4.78, 5) is 19.2. The van der Waals surface area contributed by atoms with Crippen LogP contribution in [0.1, 0.15) is 52.3 Å². The van der Waals surface area contributed by atoms with Gasteiger partial charge in [-0.15, -0.1) is 0 Å². The number of ether oxygens (including phenoxy) is 1. The number of likely N-dealkylation sites (tertiary alicyclic amines) is 1. The maximum Gasteiger partial charge on any atom is 0.171 e. The van der Waals surface area contributed by atoms with E-state index in [4.69, 9.17) is 15.5 Å². The molecule has 4 rings (SSSR count). The zero-order chi connectivity index (χ0) is 25.2. The Kier molecular flexibility index (Phi) is 8.05. The Balaban J connectivity index is 1.57. The number of nitrogens with zero attached hydrogens (tertiary/aromatic N) is 5. The third-order valence-corrected chi connectivity index (χ3v) is 8.72. The summed E-state index contributed by atoms with van der Waals surface area (Å²) in [5.41, 5.74) is 7.07. The highest BCUT2D eigenvalue weighted by Gasteiger charge is 2.36. The molecule has 2 unspecified atom stereocenters. The number of benzene rings is 1. The third-order valence-electron chi connectivity index (χ3n) is 6.93. The molecule has 0 radical (unpaired) electrons. The van der Waals surface area contributed by atoms with Gasteiger partial charge in [0.15, 0.2) is 5.84 Å². The summed E-state index contributed by atoms with van der Waals surface area (Å²) in [5, 5.41) is 9.78. The molecule has 35 heavy (non-hydrogen) atoms. The molecule has 3 N–H and O–H groups in total. The lowest BCUT2D eigenvalue weighted by atomic mass is 9.99. The van der Waals surface area contributed by atoms with E-state index in [-0.39, 0.29) is 29.6 Å². The minimum atomic E-state index is -1.13. The van der Waals surface area contributed by atoms with Crippen LogP contribution in [0.15, 0.2) is 38.1 Å². The van der Waals surface area contributed by atoms with Crippen LogP contribution < -0.4 is 10.5 Å². The number of amidine groups is 1. The van der Waals surface area contributed by atoms with Crippen molar-refractivity contribution in [1.82, 2.24) is 9.80 Å². The maximum atomic E-state index is 13.6. The van der Waals surface area contributed by atoms with Crippen molar-refractivity contribution in [2.24, 2.45) is 20.7 Å². The number of hydrogen-bond donors (Lipinski definition) is 2. The average Bonchev–Trinajstić information content (AvgIpc) is 3.19. The zero-order valence-corrected chi connectivity index (χ0v) is 22.0. The molecule has 0 aliphatic carbocycles. The monoisotopic (exact) mass is 502 g/mol. The SMILES string of the molecule is CC(C)N=C(N=CN)C1=NC2c3cc(S(=O)C4CCN(C(C)(C)CO)CC4)ccc3OCCN2C1. The Bertz CT molecular complexity index is 1030. The second-order valence-electron chi connectivity index (χ2n) is 10.2. The fourth-order valence-corrected chi connectivity index (χ4v) is 6.34. The van der Waals surface area contributed by atoms with Gasteiger partial charge in [-0.1, -0.05) is 0 Å². The lowest BCUT2D eigenvalue weighted by Gasteiger charge is -2.41. The van der Waals surface area contributed by atoms with Crippen LogP contribution in [-0.2, 0) is 10.8 Å². The van der Waals surface area contributed by atoms with Gasteiger partial charge in [0.05, 0.1) is 29.5 Å². The van der Waals surface area contributed by atoms with Crippen LogP contribution in [0.3, 0.4) is 0 Å². The number of hydrogen-bond acceptors (Lipinski definition) is 7. The van der Waals surface area contributed by atoms with E-state index in [2.05, 4.69) is 33.6 Å². The van der Waals surface area contributed by atoms with Crippen LogP contribution in [0.25, 0.3) is 0 Å². The van der Waals surface area contributed by atoms with Crippen molar-refractivity contribution in [2.45, 2.75) is 68.4 Å². The van der Waals surface area contributed by atoms with Gasteiger partial charge in [0.2, 0.25) is 0 Å². The van der Waals surface area contributed by atoms with Gasteiger partial charge in [-0.25, -0.2) is 4.99 Å². The molecule has 192 valence electrons. The molecule has 0 bridgehead atoms. The second-order valence-corrected chi connectivity index (χ2v) is 12.0. The third kappa shape index (κ3) is 5.66. The van der Waals surface area contributed by atoms with Gasteiger partial charge in [-0.05, 0) is 71.8 Å². The molecule has 1 aromatic carbocycles. The topological polar surface area (TPSA) is 116 Å². The number of fused-ring (bicyclic) bond motifs is 3. The second kappa shape index (κ2) is 10.9. The molecular weight excluding hydrogens is 464 g/mol. The molecular formula is C25H38N6O3S. The van der Waals surface area contributed by atoms with Crippen molar-refractivity contribution in [2.75, 3.05) is 39.4 Å². The highest BCUT2D eigenvalue weighted by molar-refractivity contribution is 7.85. The van der Waals surface area contributed by atoms with Gasteiger partial charge in [0, 0.05) is 40.4 Å². The van der Waals surface area contributed by atoms with Gasteiger partial charge in [-0.3, -0.25) is 24.0 Å². The smallest absolute Gasteiger partial charge is 0.171 e. The van der Waals surface area contributed by atoms with Crippen molar-refractivity contribution in [3.63, 3.8) is 0 Å². The number of aliphatic hydroxyl groups is 1. The van der Waals surface area contributed by atoms with Crippen LogP contribution in [0.2, 0.25) is 0 Å². The molecule has 0 spiro atoms. The molecule has 1 fully saturated rings. The normalized spacial score (nSPS) is 23.7. The number of nitrogens with two attached hydrogens (primary N) is 1. The van der Waals surface area contributed by atoms with Crippen molar-refractivity contribution in [1.29, 1.82) is 0 Å². The largest absolute Gasteiger partial charge is 0.492 e. The Morgan fingerprint density at radius 1 is 1.34 bits per heavy atom. The zero-order valence-electron chi connectivity index (χ0n) is 21.2. The molecule has 3 aliphatic heterocycles. The summed E-state index contributed by atoms with van der Waals surface area (Å²) in [6.45, 7) is 11.8. The minimum Gasteiger partial charge on any atom is -0.492 e. The Morgan fingerprint density at radius 2 is 2.09 bits per heavy atom. The fourth-order valence-electron chi connectivity index (χ4n) is 4.87. The molecule has 0 saturated carbocycles. The quantitative estimate of drug-likeness (QED) is 0.454. The molecule has 1 saturated heterocycles. The summed E-state index contributed by atoms with van der Waals surface area (Å²) in [6.07, 6.45) is 2.72. The van der Waals surface area contributed by atoms with E-state index < -0.39 is 10.8 Å². The van der Waals surface area contributed by atoms with Gasteiger partial charge >= 0.3 is 0 Å². The van der Waals surface area contributed by atoms with E-state index in [1.54, 1.807) is 0 Å². The Morgan fingerprint density at radius 3 is 2.74 bits per heavy atom. The first-order valence-corrected chi connectivity index (χ1v) is 13.6. The first kappa shape index (κ1) is 25.9. The van der Waals surface area contributed by atoms with Crippen LogP contribution in [0.4, 0.5) is 0 Å². The van der Waals surface area contributed by atoms with Crippen molar-refractivity contribution < 1.29 is 14.1 Å². The molecule has 2 atom stereocenters. The lowest BCUT2D eigenvalue weighted by Crippen LogP contribution is -2.51. The van der Waals surface area contributed by atoms with Crippen LogP contribution >= 0.6 is 0 Å². The number of piperidine rings is 1. The van der Waals surface area contributed by atoms with Gasteiger partial charge in [0.1, 0.15) is 18.5 Å². The average molecular weight is 503 g/mol. The number of aliphatic imine (C=N–C) groups is 3. The lowest BCUT2D eigenvalue weighted by molar-refractivity contribution is 0.0434. The van der Waals surface area contributed by atoms with E-state index >= 15 is 0 Å². The highest BCUT2D eigenvalue weighted by Crippen LogP contribution is 2.38. The summed E-state index contributed by atoms with van der Waals surface area (Å²) in [7, 11) is -1.13. The molecule has 9 nitrogen and oxygen atoms in total. The number of aliphatic hydroxyl groups excluding tert-OH is 1. The molecule has 1 aromatic rings. The van der Waals surface area contributed by atoms with Crippen molar-refractivity contribution in [3.8, 4) is 5.75 Å². The summed E-state index contributed by atoms with van der Waals surface area (Å²) in [5.74, 6) is 1.35. The predicted molar refractivity (Wildman–Crippen MR) is 141 cm³/mol. The summed E-state index contributed by atoms with van der Waals surface area (Å²) < 4.78 is 19.6. The Labute approximate surface area is 210 Å². The van der Waals surface area contributed by atoms with Gasteiger partial charge in [0.25, 0.3) is 0 Å². The van der Waals surface area contributed by atoms with Crippen molar-refractivity contribution >= 4 is 28.7 Å². The molecule has 3 heterocycles. The molecule has 3 aliphatic rings. The minimum absolute atomic E-state index is 0.0795. The molecule has 10 heteroatoms. The van der Waals surface area contributed by atoms with E-state index in [9.17, 15) is 9.32 Å².